The van der Waals surface area contributed by atoms with E-state index in [1.54, 1.807) is 0 Å². The van der Waals surface area contributed by atoms with E-state index in [1.807, 2.05) is 24.3 Å². The van der Waals surface area contributed by atoms with Crippen LogP contribution >= 0.6 is 24.0 Å². The molecule has 1 aromatic carbocycles. The van der Waals surface area contributed by atoms with Crippen LogP contribution in [0.15, 0.2) is 24.3 Å². The van der Waals surface area contributed by atoms with E-state index in [9.17, 15) is 4.79 Å². The Kier molecular flexibility index (Phi) is 7.50. The van der Waals surface area contributed by atoms with Gasteiger partial charge in [0.15, 0.2) is 0 Å². The normalized spacial score (nSPS) is 16.9. The molecule has 3 N–H and O–H groups in total. The van der Waals surface area contributed by atoms with Gasteiger partial charge in [0.25, 0.3) is 0 Å². The molecule has 1 aliphatic rings. The van der Waals surface area contributed by atoms with Crippen LogP contribution in [-0.2, 0) is 10.2 Å². The van der Waals surface area contributed by atoms with Crippen LogP contribution in [-0.4, -0.2) is 19.0 Å². The fourth-order valence-corrected chi connectivity index (χ4v) is 3.17. The molecular weight excluding hydrogens is 307 g/mol. The summed E-state index contributed by atoms with van der Waals surface area (Å²) in [5.74, 6) is 0.146. The van der Waals surface area contributed by atoms with Crippen molar-refractivity contribution in [2.45, 2.75) is 43.9 Å². The minimum absolute atomic E-state index is 0. The maximum absolute atomic E-state index is 12.7. The second-order valence-electron chi connectivity index (χ2n) is 5.55. The van der Waals surface area contributed by atoms with Gasteiger partial charge in [-0.1, -0.05) is 43.0 Å². The molecule has 1 aliphatic carbocycles. The van der Waals surface area contributed by atoms with Crippen LogP contribution in [0.5, 0.6) is 0 Å². The minimum atomic E-state index is -0.378. The van der Waals surface area contributed by atoms with Crippen molar-refractivity contribution in [1.82, 2.24) is 5.32 Å². The molecular formula is C16H24Cl2N2O. The number of nitrogens with one attached hydrogen (secondary N) is 1. The van der Waals surface area contributed by atoms with Crippen molar-refractivity contribution in [2.75, 3.05) is 13.1 Å². The fraction of sp³-hybridized carbons (Fsp3) is 0.562. The molecule has 3 nitrogen and oxygen atoms in total. The second kappa shape index (κ2) is 8.62. The van der Waals surface area contributed by atoms with Gasteiger partial charge in [0.05, 0.1) is 5.41 Å². The van der Waals surface area contributed by atoms with Crippen LogP contribution in [0.25, 0.3) is 0 Å². The molecule has 0 atom stereocenters. The lowest BCUT2D eigenvalue weighted by molar-refractivity contribution is -0.128. The van der Waals surface area contributed by atoms with Crippen molar-refractivity contribution in [3.8, 4) is 0 Å². The quantitative estimate of drug-likeness (QED) is 0.812. The Bertz CT molecular complexity index is 442. The van der Waals surface area contributed by atoms with Gasteiger partial charge in [0.2, 0.25) is 5.91 Å². The number of amides is 1. The van der Waals surface area contributed by atoms with Crippen LogP contribution < -0.4 is 11.1 Å². The Labute approximate surface area is 138 Å². The van der Waals surface area contributed by atoms with Crippen LogP contribution in [0.2, 0.25) is 5.02 Å². The van der Waals surface area contributed by atoms with Crippen molar-refractivity contribution < 1.29 is 4.79 Å². The first-order chi connectivity index (χ1) is 9.69. The molecule has 5 heteroatoms. The molecule has 0 unspecified atom stereocenters. The molecule has 1 fully saturated rings. The smallest absolute Gasteiger partial charge is 0.230 e. The predicted molar refractivity (Wildman–Crippen MR) is 90.1 cm³/mol. The Morgan fingerprint density at radius 2 is 1.81 bits per heavy atom. The molecule has 0 radical (unpaired) electrons. The van der Waals surface area contributed by atoms with Crippen LogP contribution in [0.1, 0.15) is 44.1 Å². The van der Waals surface area contributed by atoms with Gasteiger partial charge >= 0.3 is 0 Å². The number of carbonyl (C=O) groups is 1. The number of hydrogen-bond donors (Lipinski definition) is 2. The van der Waals surface area contributed by atoms with E-state index in [0.717, 1.165) is 37.7 Å². The van der Waals surface area contributed by atoms with E-state index >= 15 is 0 Å². The molecule has 21 heavy (non-hydrogen) atoms. The topological polar surface area (TPSA) is 55.1 Å². The van der Waals surface area contributed by atoms with E-state index in [1.165, 1.54) is 6.42 Å². The van der Waals surface area contributed by atoms with Gasteiger partial charge < -0.3 is 11.1 Å². The molecule has 0 heterocycles. The van der Waals surface area contributed by atoms with E-state index in [0.29, 0.717) is 18.1 Å². The van der Waals surface area contributed by atoms with Crippen molar-refractivity contribution in [3.63, 3.8) is 0 Å². The highest BCUT2D eigenvalue weighted by atomic mass is 35.5. The molecule has 0 saturated heterocycles. The summed E-state index contributed by atoms with van der Waals surface area (Å²) in [6, 6.07) is 7.74. The lowest BCUT2D eigenvalue weighted by Crippen LogP contribution is -2.46. The number of carbonyl (C=O) groups excluding carboxylic acids is 1. The van der Waals surface area contributed by atoms with Gasteiger partial charge in [-0.2, -0.15) is 0 Å². The maximum Gasteiger partial charge on any atom is 0.230 e. The number of benzene rings is 1. The third-order valence-electron chi connectivity index (χ3n) is 4.21. The first-order valence-corrected chi connectivity index (χ1v) is 7.81. The number of nitrogens with two attached hydrogens (primary N) is 1. The van der Waals surface area contributed by atoms with Crippen molar-refractivity contribution in [3.05, 3.63) is 34.9 Å². The number of rotatable bonds is 5. The molecule has 1 amide bonds. The Balaban J connectivity index is 0.00000220. The van der Waals surface area contributed by atoms with Gasteiger partial charge in [0, 0.05) is 11.6 Å². The van der Waals surface area contributed by atoms with Gasteiger partial charge in [0.1, 0.15) is 0 Å². The Morgan fingerprint density at radius 1 is 1.19 bits per heavy atom. The molecule has 1 aromatic rings. The minimum Gasteiger partial charge on any atom is -0.355 e. The summed E-state index contributed by atoms with van der Waals surface area (Å²) < 4.78 is 0. The zero-order valence-electron chi connectivity index (χ0n) is 12.2. The Morgan fingerprint density at radius 3 is 2.38 bits per heavy atom. The molecule has 2 rings (SSSR count). The van der Waals surface area contributed by atoms with Gasteiger partial charge in [-0.15, -0.1) is 12.4 Å². The van der Waals surface area contributed by atoms with Crippen molar-refractivity contribution >= 4 is 29.9 Å². The average Bonchev–Trinajstić information content (AvgIpc) is 2.49. The van der Waals surface area contributed by atoms with E-state index in [-0.39, 0.29) is 23.7 Å². The van der Waals surface area contributed by atoms with E-state index in [2.05, 4.69) is 5.32 Å². The zero-order chi connectivity index (χ0) is 14.4. The van der Waals surface area contributed by atoms with Crippen LogP contribution in [0.4, 0.5) is 0 Å². The van der Waals surface area contributed by atoms with Gasteiger partial charge in [-0.05, 0) is 43.5 Å². The predicted octanol–water partition coefficient (Wildman–Crippen LogP) is 3.43. The summed E-state index contributed by atoms with van der Waals surface area (Å²) in [5.41, 5.74) is 6.20. The number of hydrogen-bond acceptors (Lipinski definition) is 2. The number of halogens is 2. The molecule has 0 spiro atoms. The summed E-state index contributed by atoms with van der Waals surface area (Å²) >= 11 is 5.96. The van der Waals surface area contributed by atoms with Crippen LogP contribution in [0.3, 0.4) is 0 Å². The van der Waals surface area contributed by atoms with Crippen molar-refractivity contribution in [2.24, 2.45) is 5.73 Å². The second-order valence-corrected chi connectivity index (χ2v) is 5.98. The summed E-state index contributed by atoms with van der Waals surface area (Å²) in [4.78, 5) is 12.7. The molecule has 118 valence electrons. The molecule has 0 aliphatic heterocycles. The highest BCUT2D eigenvalue weighted by molar-refractivity contribution is 6.30. The molecule has 1 saturated carbocycles. The van der Waals surface area contributed by atoms with Crippen LogP contribution in [0, 0.1) is 0 Å². The summed E-state index contributed by atoms with van der Waals surface area (Å²) in [5, 5.41) is 3.77. The summed E-state index contributed by atoms with van der Waals surface area (Å²) in [6.45, 7) is 1.26. The SMILES string of the molecule is Cl.NCCCNC(=O)C1(c2ccc(Cl)cc2)CCCCC1. The van der Waals surface area contributed by atoms with Gasteiger partial charge in [-0.3, -0.25) is 4.79 Å². The molecule has 0 aromatic heterocycles. The highest BCUT2D eigenvalue weighted by Gasteiger charge is 2.40. The fourth-order valence-electron chi connectivity index (χ4n) is 3.04. The summed E-state index contributed by atoms with van der Waals surface area (Å²) in [7, 11) is 0. The average molecular weight is 331 g/mol. The third-order valence-corrected chi connectivity index (χ3v) is 4.46. The largest absolute Gasteiger partial charge is 0.355 e. The highest BCUT2D eigenvalue weighted by Crippen LogP contribution is 2.40. The lowest BCUT2D eigenvalue weighted by Gasteiger charge is -2.36. The van der Waals surface area contributed by atoms with Crippen molar-refractivity contribution in [1.29, 1.82) is 0 Å². The maximum atomic E-state index is 12.7. The third kappa shape index (κ3) is 4.35. The molecule has 0 bridgehead atoms. The lowest BCUT2D eigenvalue weighted by atomic mass is 9.68. The van der Waals surface area contributed by atoms with Gasteiger partial charge in [-0.25, -0.2) is 0 Å². The zero-order valence-corrected chi connectivity index (χ0v) is 13.8. The monoisotopic (exact) mass is 330 g/mol. The standard InChI is InChI=1S/C16H23ClN2O.ClH/c17-14-7-5-13(6-8-14)16(9-2-1-3-10-16)15(20)19-12-4-11-18;/h5-8H,1-4,9-12,18H2,(H,19,20);1H. The van der Waals surface area contributed by atoms with E-state index < -0.39 is 0 Å². The Hall–Kier alpha value is -0.770. The first kappa shape index (κ1) is 18.3. The van der Waals surface area contributed by atoms with E-state index in [4.69, 9.17) is 17.3 Å². The summed E-state index contributed by atoms with van der Waals surface area (Å²) in [6.07, 6.45) is 6.08. The first-order valence-electron chi connectivity index (χ1n) is 7.43.